The maximum Gasteiger partial charge on any atom is 0.0808 e. The minimum atomic E-state index is 0.160. The molecular formula is C17H29NO2S. The van der Waals surface area contributed by atoms with Crippen molar-refractivity contribution in [1.29, 1.82) is 0 Å². The summed E-state index contributed by atoms with van der Waals surface area (Å²) in [4.78, 5) is 2.75. The van der Waals surface area contributed by atoms with E-state index in [1.807, 2.05) is 11.3 Å². The quantitative estimate of drug-likeness (QED) is 0.860. The zero-order chi connectivity index (χ0) is 15.3. The third-order valence-corrected chi connectivity index (χ3v) is 4.79. The molecule has 0 saturated carbocycles. The molecule has 3 nitrogen and oxygen atoms in total. The molecule has 0 aliphatic carbocycles. The summed E-state index contributed by atoms with van der Waals surface area (Å²) in [6.45, 7) is 12.0. The van der Waals surface area contributed by atoms with E-state index in [0.717, 1.165) is 26.2 Å². The molecule has 0 bridgehead atoms. The molecule has 2 heterocycles. The molecule has 1 saturated heterocycles. The second-order valence-corrected chi connectivity index (χ2v) is 8.24. The van der Waals surface area contributed by atoms with Crippen LogP contribution in [0.1, 0.15) is 55.4 Å². The van der Waals surface area contributed by atoms with Crippen LogP contribution in [0.5, 0.6) is 0 Å². The van der Waals surface area contributed by atoms with Gasteiger partial charge in [-0.15, -0.1) is 11.3 Å². The number of aryl methyl sites for hydroxylation is 1. The lowest BCUT2D eigenvalue weighted by Crippen LogP contribution is -2.34. The number of hydrogen-bond donors (Lipinski definition) is 1. The molecule has 1 aliphatic heterocycles. The van der Waals surface area contributed by atoms with Crippen molar-refractivity contribution >= 4 is 11.3 Å². The molecule has 2 rings (SSSR count). The molecular weight excluding hydrogens is 282 g/mol. The highest BCUT2D eigenvalue weighted by Gasteiger charge is 2.15. The van der Waals surface area contributed by atoms with Crippen LogP contribution in [0.4, 0.5) is 0 Å². The first-order chi connectivity index (χ1) is 9.94. The van der Waals surface area contributed by atoms with E-state index in [1.165, 1.54) is 28.2 Å². The van der Waals surface area contributed by atoms with Crippen molar-refractivity contribution in [2.24, 2.45) is 0 Å². The van der Waals surface area contributed by atoms with Gasteiger partial charge in [-0.05, 0) is 58.6 Å². The van der Waals surface area contributed by atoms with Gasteiger partial charge >= 0.3 is 0 Å². The summed E-state index contributed by atoms with van der Waals surface area (Å²) in [5.74, 6) is 0. The first-order valence-electron chi connectivity index (χ1n) is 7.96. The average Bonchev–Trinajstić information content (AvgIpc) is 2.78. The van der Waals surface area contributed by atoms with Crippen molar-refractivity contribution in [2.75, 3.05) is 13.2 Å². The van der Waals surface area contributed by atoms with Crippen LogP contribution < -0.4 is 5.32 Å². The maximum atomic E-state index is 5.86. The Balaban J connectivity index is 1.76. The Morgan fingerprint density at radius 1 is 1.38 bits per heavy atom. The summed E-state index contributed by atoms with van der Waals surface area (Å²) in [5, 5.41) is 3.54. The van der Waals surface area contributed by atoms with Crippen molar-refractivity contribution in [3.05, 3.63) is 21.4 Å². The van der Waals surface area contributed by atoms with E-state index in [2.05, 4.69) is 39.1 Å². The van der Waals surface area contributed by atoms with Crippen molar-refractivity contribution < 1.29 is 9.47 Å². The van der Waals surface area contributed by atoms with Crippen LogP contribution in [-0.4, -0.2) is 24.9 Å². The molecule has 4 heteroatoms. The number of hydrogen-bond acceptors (Lipinski definition) is 4. The molecule has 0 amide bonds. The van der Waals surface area contributed by atoms with Crippen LogP contribution in [0, 0.1) is 6.92 Å². The molecule has 1 N–H and O–H groups in total. The first-order valence-corrected chi connectivity index (χ1v) is 8.78. The van der Waals surface area contributed by atoms with E-state index >= 15 is 0 Å². The van der Waals surface area contributed by atoms with Crippen LogP contribution in [0.3, 0.4) is 0 Å². The molecule has 0 spiro atoms. The Hall–Kier alpha value is -0.420. The maximum absolute atomic E-state index is 5.86. The molecule has 1 aromatic rings. The van der Waals surface area contributed by atoms with Gasteiger partial charge in [0.25, 0.3) is 0 Å². The van der Waals surface area contributed by atoms with E-state index in [-0.39, 0.29) is 5.54 Å². The van der Waals surface area contributed by atoms with E-state index in [1.54, 1.807) is 0 Å². The number of ether oxygens (including phenoxy) is 2. The summed E-state index contributed by atoms with van der Waals surface area (Å²) in [5.41, 5.74) is 1.48. The molecule has 1 fully saturated rings. The lowest BCUT2D eigenvalue weighted by molar-refractivity contribution is -0.0447. The summed E-state index contributed by atoms with van der Waals surface area (Å²) < 4.78 is 11.6. The van der Waals surface area contributed by atoms with E-state index in [4.69, 9.17) is 9.47 Å². The van der Waals surface area contributed by atoms with Gasteiger partial charge in [0.15, 0.2) is 0 Å². The van der Waals surface area contributed by atoms with Crippen LogP contribution >= 0.6 is 11.3 Å². The molecule has 0 aromatic carbocycles. The lowest BCUT2D eigenvalue weighted by atomic mass is 10.1. The molecule has 1 unspecified atom stereocenters. The van der Waals surface area contributed by atoms with Crippen LogP contribution in [0.2, 0.25) is 0 Å². The van der Waals surface area contributed by atoms with Crippen molar-refractivity contribution in [3.8, 4) is 0 Å². The second-order valence-electron chi connectivity index (χ2n) is 6.90. The fraction of sp³-hybridized carbons (Fsp3) is 0.765. The number of nitrogens with one attached hydrogen (secondary N) is 1. The van der Waals surface area contributed by atoms with Gasteiger partial charge in [0.2, 0.25) is 0 Å². The van der Waals surface area contributed by atoms with Gasteiger partial charge in [0, 0.05) is 28.4 Å². The Morgan fingerprint density at radius 2 is 2.19 bits per heavy atom. The first kappa shape index (κ1) is 16.9. The van der Waals surface area contributed by atoms with Crippen LogP contribution in [0.15, 0.2) is 6.07 Å². The van der Waals surface area contributed by atoms with Gasteiger partial charge in [0.1, 0.15) is 0 Å². The fourth-order valence-electron chi connectivity index (χ4n) is 2.41. The summed E-state index contributed by atoms with van der Waals surface area (Å²) in [6, 6.07) is 2.28. The van der Waals surface area contributed by atoms with Crippen molar-refractivity contribution in [1.82, 2.24) is 5.32 Å². The number of thiophene rings is 1. The highest BCUT2D eigenvalue weighted by Crippen LogP contribution is 2.23. The monoisotopic (exact) mass is 311 g/mol. The van der Waals surface area contributed by atoms with Gasteiger partial charge in [-0.3, -0.25) is 0 Å². The van der Waals surface area contributed by atoms with Gasteiger partial charge in [-0.1, -0.05) is 0 Å². The number of rotatable bonds is 6. The largest absolute Gasteiger partial charge is 0.376 e. The zero-order valence-corrected chi connectivity index (χ0v) is 14.6. The Labute approximate surface area is 133 Å². The van der Waals surface area contributed by atoms with Crippen molar-refractivity contribution in [2.45, 2.75) is 71.8 Å². The SMILES string of the molecule is Cc1sc(CNC(C)(C)C)cc1COCC1CCCCO1. The standard InChI is InChI=1S/C17H29NO2S/c1-13-14(9-16(21-13)10-18-17(2,3)4)11-19-12-15-7-5-6-8-20-15/h9,15,18H,5-8,10-12H2,1-4H3. The van der Waals surface area contributed by atoms with Gasteiger partial charge < -0.3 is 14.8 Å². The summed E-state index contributed by atoms with van der Waals surface area (Å²) in [7, 11) is 0. The highest BCUT2D eigenvalue weighted by molar-refractivity contribution is 7.12. The van der Waals surface area contributed by atoms with E-state index < -0.39 is 0 Å². The Kier molecular flexibility index (Phi) is 6.23. The van der Waals surface area contributed by atoms with Crippen LogP contribution in [-0.2, 0) is 22.6 Å². The zero-order valence-electron chi connectivity index (χ0n) is 13.8. The highest BCUT2D eigenvalue weighted by atomic mass is 32.1. The Morgan fingerprint density at radius 3 is 2.86 bits per heavy atom. The van der Waals surface area contributed by atoms with E-state index in [9.17, 15) is 0 Å². The fourth-order valence-corrected chi connectivity index (χ4v) is 3.40. The van der Waals surface area contributed by atoms with Gasteiger partial charge in [0.05, 0.1) is 19.3 Å². The third-order valence-electron chi connectivity index (χ3n) is 3.70. The average molecular weight is 311 g/mol. The van der Waals surface area contributed by atoms with Gasteiger partial charge in [-0.2, -0.15) is 0 Å². The van der Waals surface area contributed by atoms with E-state index in [0.29, 0.717) is 12.7 Å². The predicted molar refractivity (Wildman–Crippen MR) is 88.9 cm³/mol. The smallest absolute Gasteiger partial charge is 0.0808 e. The molecule has 0 radical (unpaired) electrons. The summed E-state index contributed by atoms with van der Waals surface area (Å²) in [6.07, 6.45) is 3.92. The predicted octanol–water partition coefficient (Wildman–Crippen LogP) is 4.03. The van der Waals surface area contributed by atoms with Gasteiger partial charge in [-0.25, -0.2) is 0 Å². The summed E-state index contributed by atoms with van der Waals surface area (Å²) >= 11 is 1.87. The molecule has 120 valence electrons. The minimum Gasteiger partial charge on any atom is -0.376 e. The lowest BCUT2D eigenvalue weighted by Gasteiger charge is -2.22. The third kappa shape index (κ3) is 6.07. The Bertz CT molecular complexity index is 430. The normalized spacial score (nSPS) is 19.9. The van der Waals surface area contributed by atoms with Crippen molar-refractivity contribution in [3.63, 3.8) is 0 Å². The van der Waals surface area contributed by atoms with Crippen LogP contribution in [0.25, 0.3) is 0 Å². The second kappa shape index (κ2) is 7.73. The molecule has 1 atom stereocenters. The topological polar surface area (TPSA) is 30.5 Å². The molecule has 1 aliphatic rings. The minimum absolute atomic E-state index is 0.160. The molecule has 1 aromatic heterocycles. The molecule has 21 heavy (non-hydrogen) atoms.